The van der Waals surface area contributed by atoms with Crippen LogP contribution >= 0.6 is 11.3 Å². The number of benzene rings is 3. The zero-order chi connectivity index (χ0) is 27.5. The SMILES string of the molecule is COc1cccc(CCNC(=O)c2ccc3c(c2)n(CCC(=O)O)c(=O)n3Cc2csc3cccc(C)c23)c1. The molecule has 2 heterocycles. The van der Waals surface area contributed by atoms with Crippen LogP contribution < -0.4 is 15.7 Å². The number of nitrogens with zero attached hydrogens (tertiary/aromatic N) is 2. The minimum absolute atomic E-state index is 0.0159. The molecule has 0 radical (unpaired) electrons. The second kappa shape index (κ2) is 11.2. The lowest BCUT2D eigenvalue weighted by molar-refractivity contribution is -0.137. The van der Waals surface area contributed by atoms with Crippen LogP contribution in [0, 0.1) is 6.92 Å². The number of aromatic nitrogens is 2. The molecule has 3 aromatic carbocycles. The first-order chi connectivity index (χ1) is 18.9. The quantitative estimate of drug-likeness (QED) is 0.263. The van der Waals surface area contributed by atoms with E-state index in [0.29, 0.717) is 36.1 Å². The van der Waals surface area contributed by atoms with Gasteiger partial charge < -0.3 is 15.2 Å². The molecule has 0 bridgehead atoms. The molecule has 0 aliphatic rings. The van der Waals surface area contributed by atoms with E-state index in [-0.39, 0.29) is 24.6 Å². The summed E-state index contributed by atoms with van der Waals surface area (Å²) in [5.74, 6) is -0.489. The summed E-state index contributed by atoms with van der Waals surface area (Å²) in [7, 11) is 1.62. The largest absolute Gasteiger partial charge is 0.497 e. The molecule has 2 aromatic heterocycles. The van der Waals surface area contributed by atoms with E-state index >= 15 is 0 Å². The summed E-state index contributed by atoms with van der Waals surface area (Å²) in [5.41, 5.74) is 4.53. The molecule has 0 aliphatic heterocycles. The van der Waals surface area contributed by atoms with Crippen molar-refractivity contribution in [1.29, 1.82) is 0 Å². The number of nitrogens with one attached hydrogen (secondary N) is 1. The van der Waals surface area contributed by atoms with Gasteiger partial charge in [-0.05, 0) is 71.8 Å². The number of fused-ring (bicyclic) bond motifs is 2. The molecule has 0 saturated carbocycles. The number of aliphatic carboxylic acids is 1. The number of carbonyl (C=O) groups excluding carboxylic acids is 1. The van der Waals surface area contributed by atoms with Crippen molar-refractivity contribution in [1.82, 2.24) is 14.5 Å². The normalized spacial score (nSPS) is 11.2. The van der Waals surface area contributed by atoms with Crippen molar-refractivity contribution in [2.45, 2.75) is 32.9 Å². The third-order valence-corrected chi connectivity index (χ3v) is 7.87. The van der Waals surface area contributed by atoms with Gasteiger partial charge in [-0.3, -0.25) is 18.7 Å². The third kappa shape index (κ3) is 5.44. The van der Waals surface area contributed by atoms with Crippen molar-refractivity contribution in [3.8, 4) is 5.75 Å². The Morgan fingerprint density at radius 3 is 2.64 bits per heavy atom. The first kappa shape index (κ1) is 26.2. The summed E-state index contributed by atoms with van der Waals surface area (Å²) >= 11 is 1.63. The van der Waals surface area contributed by atoms with Crippen LogP contribution in [0.25, 0.3) is 21.1 Å². The smallest absolute Gasteiger partial charge is 0.329 e. The number of imidazole rings is 1. The van der Waals surface area contributed by atoms with Gasteiger partial charge in [0.05, 0.1) is 31.1 Å². The van der Waals surface area contributed by atoms with E-state index in [1.807, 2.05) is 30.3 Å². The summed E-state index contributed by atoms with van der Waals surface area (Å²) in [5, 5.41) is 15.4. The van der Waals surface area contributed by atoms with Gasteiger partial charge in [-0.25, -0.2) is 4.79 Å². The monoisotopic (exact) mass is 543 g/mol. The molecule has 5 rings (SSSR count). The van der Waals surface area contributed by atoms with E-state index in [9.17, 15) is 19.5 Å². The molecular formula is C30H29N3O5S. The van der Waals surface area contributed by atoms with Crippen molar-refractivity contribution < 1.29 is 19.4 Å². The molecule has 0 unspecified atom stereocenters. The fraction of sp³-hybridized carbons (Fsp3) is 0.233. The van der Waals surface area contributed by atoms with Crippen molar-refractivity contribution in [3.05, 3.63) is 98.8 Å². The van der Waals surface area contributed by atoms with Gasteiger partial charge in [0.15, 0.2) is 0 Å². The Balaban J connectivity index is 1.44. The molecule has 2 N–H and O–H groups in total. The first-order valence-electron chi connectivity index (χ1n) is 12.7. The van der Waals surface area contributed by atoms with Gasteiger partial charge in [0.2, 0.25) is 0 Å². The molecule has 1 amide bonds. The minimum atomic E-state index is -0.992. The highest BCUT2D eigenvalue weighted by Crippen LogP contribution is 2.30. The molecule has 0 fully saturated rings. The van der Waals surface area contributed by atoms with Crippen molar-refractivity contribution in [3.63, 3.8) is 0 Å². The number of hydrogen-bond donors (Lipinski definition) is 2. The zero-order valence-corrected chi connectivity index (χ0v) is 22.6. The molecule has 0 spiro atoms. The summed E-state index contributed by atoms with van der Waals surface area (Å²) in [6, 6.07) is 19.0. The van der Waals surface area contributed by atoms with Crippen LogP contribution in [0.5, 0.6) is 5.75 Å². The molecule has 8 nitrogen and oxygen atoms in total. The van der Waals surface area contributed by atoms with Crippen LogP contribution in [0.4, 0.5) is 0 Å². The molecular weight excluding hydrogens is 514 g/mol. The maximum atomic E-state index is 13.5. The van der Waals surface area contributed by atoms with Crippen LogP contribution in [0.1, 0.15) is 33.5 Å². The second-order valence-electron chi connectivity index (χ2n) is 9.43. The number of amides is 1. The maximum Gasteiger partial charge on any atom is 0.329 e. The summed E-state index contributed by atoms with van der Waals surface area (Å²) in [6.45, 7) is 2.85. The lowest BCUT2D eigenvalue weighted by atomic mass is 10.1. The highest BCUT2D eigenvalue weighted by molar-refractivity contribution is 7.17. The van der Waals surface area contributed by atoms with Crippen LogP contribution in [-0.4, -0.2) is 39.8 Å². The predicted octanol–water partition coefficient (Wildman–Crippen LogP) is 4.83. The fourth-order valence-corrected chi connectivity index (χ4v) is 5.95. The van der Waals surface area contributed by atoms with Gasteiger partial charge in [-0.2, -0.15) is 0 Å². The Kier molecular flexibility index (Phi) is 7.51. The van der Waals surface area contributed by atoms with E-state index in [4.69, 9.17) is 4.74 Å². The van der Waals surface area contributed by atoms with Gasteiger partial charge in [-0.1, -0.05) is 24.3 Å². The molecule has 5 aromatic rings. The summed E-state index contributed by atoms with van der Waals surface area (Å²) < 4.78 is 9.53. The Morgan fingerprint density at radius 2 is 1.85 bits per heavy atom. The average molecular weight is 544 g/mol. The predicted molar refractivity (Wildman–Crippen MR) is 153 cm³/mol. The van der Waals surface area contributed by atoms with Crippen molar-refractivity contribution in [2.75, 3.05) is 13.7 Å². The van der Waals surface area contributed by atoms with E-state index in [1.165, 1.54) is 4.57 Å². The number of hydrogen-bond acceptors (Lipinski definition) is 5. The molecule has 9 heteroatoms. The van der Waals surface area contributed by atoms with Crippen LogP contribution in [-0.2, 0) is 24.3 Å². The molecule has 39 heavy (non-hydrogen) atoms. The standard InChI is InChI=1S/C30H29N3O5S/c1-19-5-3-8-26-28(19)22(18-39-26)17-33-24-10-9-21(16-25(24)32(30(33)37)14-12-27(34)35)29(36)31-13-11-20-6-4-7-23(15-20)38-2/h3-10,15-16,18H,11-14,17H2,1-2H3,(H,31,36)(H,34,35). The highest BCUT2D eigenvalue weighted by atomic mass is 32.1. The van der Waals surface area contributed by atoms with Crippen LogP contribution in [0.15, 0.2) is 70.8 Å². The van der Waals surface area contributed by atoms with E-state index < -0.39 is 5.97 Å². The number of carboxylic acids is 1. The number of ether oxygens (including phenoxy) is 1. The van der Waals surface area contributed by atoms with Crippen molar-refractivity contribution >= 4 is 44.3 Å². The Hall–Kier alpha value is -4.37. The fourth-order valence-electron chi connectivity index (χ4n) is 4.92. The minimum Gasteiger partial charge on any atom is -0.497 e. The highest BCUT2D eigenvalue weighted by Gasteiger charge is 2.18. The second-order valence-corrected chi connectivity index (χ2v) is 10.3. The first-order valence-corrected chi connectivity index (χ1v) is 13.6. The lowest BCUT2D eigenvalue weighted by Crippen LogP contribution is -2.26. The number of methoxy groups -OCH3 is 1. The lowest BCUT2D eigenvalue weighted by Gasteiger charge is -2.08. The van der Waals surface area contributed by atoms with E-state index in [0.717, 1.165) is 32.5 Å². The van der Waals surface area contributed by atoms with Gasteiger partial charge >= 0.3 is 11.7 Å². The number of carboxylic acid groups (broad SMARTS) is 1. The number of rotatable bonds is 10. The van der Waals surface area contributed by atoms with Crippen LogP contribution in [0.3, 0.4) is 0 Å². The van der Waals surface area contributed by atoms with Crippen LogP contribution in [0.2, 0.25) is 0 Å². The van der Waals surface area contributed by atoms with Gasteiger partial charge in [0.25, 0.3) is 5.91 Å². The topological polar surface area (TPSA) is 103 Å². The average Bonchev–Trinajstić information content (AvgIpc) is 3.46. The van der Waals surface area contributed by atoms with Crippen molar-refractivity contribution in [2.24, 2.45) is 0 Å². The van der Waals surface area contributed by atoms with Gasteiger partial charge in [0.1, 0.15) is 5.75 Å². The summed E-state index contributed by atoms with van der Waals surface area (Å²) in [6.07, 6.45) is 0.440. The van der Waals surface area contributed by atoms with E-state index in [1.54, 1.807) is 41.2 Å². The Labute approximate surface area is 229 Å². The van der Waals surface area contributed by atoms with Gasteiger partial charge in [-0.15, -0.1) is 11.3 Å². The van der Waals surface area contributed by atoms with Gasteiger partial charge in [0, 0.05) is 28.7 Å². The zero-order valence-electron chi connectivity index (χ0n) is 21.8. The number of thiophene rings is 1. The number of carbonyl (C=O) groups is 2. The number of aryl methyl sites for hydroxylation is 2. The molecule has 0 aliphatic carbocycles. The Bertz CT molecular complexity index is 1750. The Morgan fingerprint density at radius 1 is 1.03 bits per heavy atom. The molecule has 0 saturated heterocycles. The molecule has 200 valence electrons. The molecule has 0 atom stereocenters. The van der Waals surface area contributed by atoms with E-state index in [2.05, 4.69) is 29.8 Å². The maximum absolute atomic E-state index is 13.5. The third-order valence-electron chi connectivity index (χ3n) is 6.88. The summed E-state index contributed by atoms with van der Waals surface area (Å²) in [4.78, 5) is 37.8.